The number of aliphatic hydroxyl groups is 2. The minimum absolute atomic E-state index is 0.0304. The van der Waals surface area contributed by atoms with Gasteiger partial charge >= 0.3 is 11.8 Å². The predicted octanol–water partition coefficient (Wildman–Crippen LogP) is 5.03. The van der Waals surface area contributed by atoms with Gasteiger partial charge in [0.1, 0.15) is 28.6 Å². The molecule has 0 aliphatic carbocycles. The highest BCUT2D eigenvalue weighted by Crippen LogP contribution is 2.50. The summed E-state index contributed by atoms with van der Waals surface area (Å²) >= 11 is 0. The fraction of sp³-hybridized carbons (Fsp3) is 0.538. The number of phenols is 2. The largest absolute Gasteiger partial charge is 0.507 e. The Morgan fingerprint density at radius 2 is 1.60 bits per heavy atom. The van der Waals surface area contributed by atoms with Crippen molar-refractivity contribution in [3.05, 3.63) is 88.1 Å². The van der Waals surface area contributed by atoms with Gasteiger partial charge in [0.15, 0.2) is 23.8 Å². The van der Waals surface area contributed by atoms with Gasteiger partial charge < -0.3 is 49.6 Å². The van der Waals surface area contributed by atoms with E-state index in [0.717, 1.165) is 12.1 Å². The maximum Gasteiger partial charge on any atom is 0.372 e. The Kier molecular flexibility index (Phi) is 14.6. The Labute approximate surface area is 397 Å². The van der Waals surface area contributed by atoms with Crippen molar-refractivity contribution in [3.63, 3.8) is 0 Å². The molecule has 1 spiro atoms. The van der Waals surface area contributed by atoms with Gasteiger partial charge in [0.05, 0.1) is 40.9 Å². The first kappa shape index (κ1) is 50.2. The highest BCUT2D eigenvalue weighted by atomic mass is 16.7. The molecule has 16 nitrogen and oxygen atoms in total. The number of fused-ring (bicyclic) bond motifs is 13. The number of carbonyl (C=O) groups is 3. The lowest BCUT2D eigenvalue weighted by Crippen LogP contribution is -2.48. The number of esters is 1. The predicted molar refractivity (Wildman–Crippen MR) is 253 cm³/mol. The topological polar surface area (TPSA) is 213 Å². The lowest BCUT2D eigenvalue weighted by molar-refractivity contribution is -0.686. The minimum Gasteiger partial charge on any atom is -0.507 e. The molecule has 3 aromatic rings. The van der Waals surface area contributed by atoms with Crippen molar-refractivity contribution >= 4 is 34.1 Å². The number of anilines is 1. The summed E-state index contributed by atoms with van der Waals surface area (Å²) < 4.78 is 26.4. The molecule has 1 fully saturated rings. The van der Waals surface area contributed by atoms with Gasteiger partial charge in [-0.2, -0.15) is 4.57 Å². The van der Waals surface area contributed by atoms with Crippen LogP contribution in [0.5, 0.6) is 17.2 Å². The molecule has 68 heavy (non-hydrogen) atoms. The number of aromatic hydroxyl groups is 2. The zero-order chi connectivity index (χ0) is 49.6. The Balaban J connectivity index is 1.35. The number of hydrogen-bond acceptors (Lipinski definition) is 14. The molecule has 5 aliphatic heterocycles. The molecule has 1 aromatic heterocycles. The number of nitrogens with zero attached hydrogens (tertiary/aromatic N) is 4. The Morgan fingerprint density at radius 3 is 2.25 bits per heavy atom. The number of aryl methyl sites for hydroxylation is 1. The van der Waals surface area contributed by atoms with Crippen molar-refractivity contribution in [2.75, 3.05) is 32.1 Å². The highest BCUT2D eigenvalue weighted by Gasteiger charge is 2.50. The molecule has 366 valence electrons. The SMILES string of the molecule is CO[C@H]1/C=C/O[C@@]2(C)Oc3c(C)c(O)c4c(O)c(c5c(c4c3C2=O)=NC2(CCN(CC(C)C)CC2)N=5)NC(=O)/C(C)=C\C=C\[C@H](C)[C@H](O)[C@@H](C)[C@@H](O)[C@@H](C)[C@H](OC(=O)C[n+]2ccc(C)cc2)[C@@H]1C. The first-order valence-corrected chi connectivity index (χ1v) is 23.6. The molecule has 0 saturated carbocycles. The highest BCUT2D eigenvalue weighted by molar-refractivity contribution is 6.19. The second kappa shape index (κ2) is 19.7. The summed E-state index contributed by atoms with van der Waals surface area (Å²) in [6.45, 7) is 20.1. The van der Waals surface area contributed by atoms with Crippen LogP contribution in [0.1, 0.15) is 89.7 Å². The van der Waals surface area contributed by atoms with E-state index in [1.165, 1.54) is 20.3 Å². The summed E-state index contributed by atoms with van der Waals surface area (Å²) in [5, 5.41) is 50.9. The molecule has 9 atom stereocenters. The Hall–Kier alpha value is -5.68. The number of hydrogen-bond donors (Lipinski definition) is 5. The molecule has 8 rings (SSSR count). The third-order valence-electron chi connectivity index (χ3n) is 14.2. The first-order chi connectivity index (χ1) is 32.1. The molecule has 16 heteroatoms. The van der Waals surface area contributed by atoms with E-state index in [4.69, 9.17) is 28.9 Å². The molecular weight excluding hydrogens is 871 g/mol. The number of methoxy groups -OCH3 is 1. The van der Waals surface area contributed by atoms with Crippen LogP contribution in [0.4, 0.5) is 5.69 Å². The van der Waals surface area contributed by atoms with E-state index in [2.05, 4.69) is 24.1 Å². The van der Waals surface area contributed by atoms with Crippen LogP contribution in [0, 0.1) is 43.4 Å². The molecule has 0 radical (unpaired) electrons. The number of carbonyl (C=O) groups excluding carboxylic acids is 3. The maximum absolute atomic E-state index is 14.9. The zero-order valence-electron chi connectivity index (χ0n) is 41.1. The number of rotatable bonds is 6. The van der Waals surface area contributed by atoms with Gasteiger partial charge in [-0.05, 0) is 38.3 Å². The van der Waals surface area contributed by atoms with Gasteiger partial charge in [-0.15, -0.1) is 0 Å². The van der Waals surface area contributed by atoms with E-state index in [9.17, 15) is 34.8 Å². The third-order valence-corrected chi connectivity index (χ3v) is 14.2. The number of benzene rings is 2. The van der Waals surface area contributed by atoms with Gasteiger partial charge in [-0.25, -0.2) is 4.79 Å². The number of pyridine rings is 1. The summed E-state index contributed by atoms with van der Waals surface area (Å²) in [5.74, 6) is -6.67. The monoisotopic (exact) mass is 938 g/mol. The van der Waals surface area contributed by atoms with E-state index in [1.807, 2.05) is 26.0 Å². The summed E-state index contributed by atoms with van der Waals surface area (Å²) in [6, 6.07) is 3.75. The number of allylic oxidation sites excluding steroid dienone is 2. The number of amides is 1. The van der Waals surface area contributed by atoms with Crippen molar-refractivity contribution in [2.45, 2.75) is 124 Å². The van der Waals surface area contributed by atoms with Crippen LogP contribution in [0.3, 0.4) is 0 Å². The second-order valence-corrected chi connectivity index (χ2v) is 19.9. The molecule has 5 N–H and O–H groups in total. The zero-order valence-corrected chi connectivity index (χ0v) is 41.1. The number of phenolic OH excluding ortho intramolecular Hbond substituents is 2. The normalized spacial score (nSPS) is 30.5. The summed E-state index contributed by atoms with van der Waals surface area (Å²) in [6.07, 6.45) is 8.42. The van der Waals surface area contributed by atoms with Crippen LogP contribution in [0.25, 0.3) is 10.8 Å². The molecule has 5 bridgehead atoms. The van der Waals surface area contributed by atoms with E-state index in [1.54, 1.807) is 75.9 Å². The van der Waals surface area contributed by atoms with Crippen LogP contribution in [0.15, 0.2) is 70.7 Å². The number of piperidine rings is 1. The van der Waals surface area contributed by atoms with Crippen molar-refractivity contribution in [1.29, 1.82) is 0 Å². The van der Waals surface area contributed by atoms with Crippen molar-refractivity contribution in [3.8, 4) is 17.2 Å². The van der Waals surface area contributed by atoms with Crippen LogP contribution < -0.4 is 25.3 Å². The van der Waals surface area contributed by atoms with Gasteiger partial charge in [0, 0.05) is 98.8 Å². The molecule has 1 saturated heterocycles. The quantitative estimate of drug-likeness (QED) is 0.125. The summed E-state index contributed by atoms with van der Waals surface area (Å²) in [5.41, 5.74) is 0.419. The second-order valence-electron chi connectivity index (χ2n) is 19.9. The Bertz CT molecular complexity index is 2670. The van der Waals surface area contributed by atoms with E-state index < -0.39 is 82.9 Å². The van der Waals surface area contributed by atoms with E-state index in [0.29, 0.717) is 31.8 Å². The number of aliphatic hydroxyl groups excluding tert-OH is 2. The van der Waals surface area contributed by atoms with Gasteiger partial charge in [0.2, 0.25) is 6.54 Å². The van der Waals surface area contributed by atoms with Crippen LogP contribution in [-0.2, 0) is 30.3 Å². The number of likely N-dealkylation sites (tertiary alicyclic amines) is 1. The summed E-state index contributed by atoms with van der Waals surface area (Å²) in [7, 11) is 1.48. The molecule has 1 amide bonds. The maximum atomic E-state index is 14.9. The average Bonchev–Trinajstić information content (AvgIpc) is 3.80. The van der Waals surface area contributed by atoms with Crippen LogP contribution >= 0.6 is 0 Å². The standard InChI is InChI=1S/C52H67N5O11/c1-27(2)25-57-22-18-52(19-23-57)54-40-37-38-45(61)34(9)48-39(37)49(63)51(10,68-48)66-24-17-35(65-11)31(6)47(67-36(58)26-56-20-15-28(3)16-21-56)33(8)44(60)32(7)43(59)29(4)13-12-14-30(5)50(64)53-42(46(38)62)41(40)55-52/h12-17,20-21,24,27,29,31-33,35,43-44,47,59-60H,18-19,22-23,25-26H2,1-11H3,(H2-,53,54,55,61,62,63,64)/p+1/b13-12+,24-17+,30-14-/t29-,31+,32+,33+,35-,43-,44+,47+,51-/m0/s1. The molecule has 0 unspecified atom stereocenters. The van der Waals surface area contributed by atoms with Gasteiger partial charge in [-0.1, -0.05) is 59.8 Å². The number of ether oxygens (including phenoxy) is 4. The third kappa shape index (κ3) is 9.65. The van der Waals surface area contributed by atoms with Gasteiger partial charge in [-0.3, -0.25) is 19.6 Å². The fourth-order valence-corrected chi connectivity index (χ4v) is 9.98. The van der Waals surface area contributed by atoms with Crippen molar-refractivity contribution in [1.82, 2.24) is 4.90 Å². The number of aromatic nitrogens is 1. The lowest BCUT2D eigenvalue weighted by atomic mass is 9.78. The van der Waals surface area contributed by atoms with Crippen molar-refractivity contribution in [2.24, 2.45) is 39.6 Å². The van der Waals surface area contributed by atoms with Crippen LogP contribution in [0.2, 0.25) is 0 Å². The van der Waals surface area contributed by atoms with Gasteiger partial charge in [0.25, 0.3) is 11.7 Å². The minimum atomic E-state index is -1.98. The number of nitrogens with one attached hydrogen (secondary N) is 1. The first-order valence-electron chi connectivity index (χ1n) is 23.6. The molecule has 6 heterocycles. The number of ketones is 1. The van der Waals surface area contributed by atoms with Crippen molar-refractivity contribution < 1.29 is 58.3 Å². The average molecular weight is 939 g/mol. The molecule has 2 aromatic carbocycles. The van der Waals surface area contributed by atoms with Crippen LogP contribution in [-0.4, -0.2) is 106 Å². The summed E-state index contributed by atoms with van der Waals surface area (Å²) in [4.78, 5) is 55.2. The van der Waals surface area contributed by atoms with E-state index >= 15 is 0 Å². The lowest BCUT2D eigenvalue weighted by Gasteiger charge is -2.38. The van der Waals surface area contributed by atoms with E-state index in [-0.39, 0.29) is 61.9 Å². The Morgan fingerprint density at radius 1 is 0.941 bits per heavy atom. The molecular formula is C52H68N5O11+. The smallest absolute Gasteiger partial charge is 0.372 e. The number of Topliss-reactive ketones (excluding diaryl/α,β-unsaturated/α-hetero) is 1. The fourth-order valence-electron chi connectivity index (χ4n) is 9.98. The molecule has 5 aliphatic rings.